The molecular weight excluding hydrogens is 376 g/mol. The molecule has 6 atom stereocenters. The predicted octanol–water partition coefficient (Wildman–Crippen LogP) is 1.12. The molecule has 162 valence electrons. The van der Waals surface area contributed by atoms with Crippen molar-refractivity contribution in [1.29, 1.82) is 0 Å². The number of ether oxygens (including phenoxy) is 3. The van der Waals surface area contributed by atoms with Crippen LogP contribution in [-0.2, 0) is 33.4 Å². The smallest absolute Gasteiger partial charge is 0.310 e. The fourth-order valence-corrected chi connectivity index (χ4v) is 3.28. The Balaban J connectivity index is 6.06. The molecule has 10 heteroatoms. The highest BCUT2D eigenvalue weighted by Crippen LogP contribution is 2.31. The van der Waals surface area contributed by atoms with Gasteiger partial charge < -0.3 is 29.5 Å². The van der Waals surface area contributed by atoms with E-state index in [1.165, 1.54) is 21.1 Å². The second kappa shape index (κ2) is 12.3. The zero-order valence-electron chi connectivity index (χ0n) is 16.8. The fourth-order valence-electron chi connectivity index (χ4n) is 3.28. The first-order chi connectivity index (χ1) is 13.1. The maximum absolute atomic E-state index is 12.5. The Morgan fingerprint density at radius 1 is 0.821 bits per heavy atom. The summed E-state index contributed by atoms with van der Waals surface area (Å²) in [7, 11) is 2.49. The largest absolute Gasteiger partial charge is 0.481 e. The second-order valence-corrected chi connectivity index (χ2v) is 6.41. The van der Waals surface area contributed by atoms with Gasteiger partial charge in [-0.05, 0) is 19.8 Å². The summed E-state index contributed by atoms with van der Waals surface area (Å²) in [5.41, 5.74) is 0. The molecule has 0 amide bonds. The van der Waals surface area contributed by atoms with Gasteiger partial charge in [-0.25, -0.2) is 0 Å². The van der Waals surface area contributed by atoms with Crippen LogP contribution in [0.5, 0.6) is 0 Å². The van der Waals surface area contributed by atoms with Crippen LogP contribution in [0.1, 0.15) is 33.6 Å². The lowest BCUT2D eigenvalue weighted by molar-refractivity contribution is -0.168. The number of carboxylic acid groups (broad SMARTS) is 3. The van der Waals surface area contributed by atoms with E-state index in [0.29, 0.717) is 0 Å². The van der Waals surface area contributed by atoms with Crippen molar-refractivity contribution >= 4 is 23.9 Å². The first-order valence-corrected chi connectivity index (χ1v) is 8.97. The Kier molecular flexibility index (Phi) is 11.3. The molecule has 0 spiro atoms. The minimum Gasteiger partial charge on any atom is -0.481 e. The van der Waals surface area contributed by atoms with Crippen molar-refractivity contribution in [2.24, 2.45) is 23.7 Å². The van der Waals surface area contributed by atoms with E-state index in [9.17, 15) is 34.5 Å². The Hall–Kier alpha value is -2.20. The van der Waals surface area contributed by atoms with E-state index >= 15 is 0 Å². The van der Waals surface area contributed by atoms with Gasteiger partial charge in [-0.1, -0.05) is 13.8 Å². The minimum absolute atomic E-state index is 0.00299. The predicted molar refractivity (Wildman–Crippen MR) is 95.7 cm³/mol. The van der Waals surface area contributed by atoms with Crippen molar-refractivity contribution in [2.45, 2.75) is 45.8 Å². The number of aliphatic carboxylic acids is 3. The summed E-state index contributed by atoms with van der Waals surface area (Å²) in [4.78, 5) is 47.4. The molecule has 0 aliphatic rings. The molecule has 0 aliphatic carbocycles. The SMILES string of the molecule is CCOC(=O)C(CC(OC)C(C(=O)O)C(C)C(=O)O)C(C(=O)O)C(CC)OC. The van der Waals surface area contributed by atoms with Gasteiger partial charge in [0.1, 0.15) is 0 Å². The molecule has 0 heterocycles. The highest BCUT2D eigenvalue weighted by Gasteiger charge is 2.45. The lowest BCUT2D eigenvalue weighted by Gasteiger charge is -2.32. The van der Waals surface area contributed by atoms with Gasteiger partial charge in [-0.3, -0.25) is 19.2 Å². The van der Waals surface area contributed by atoms with Gasteiger partial charge in [0.25, 0.3) is 0 Å². The molecule has 0 radical (unpaired) electrons. The van der Waals surface area contributed by atoms with Crippen LogP contribution in [0.3, 0.4) is 0 Å². The number of carbonyl (C=O) groups excluding carboxylic acids is 1. The fraction of sp³-hybridized carbons (Fsp3) is 0.778. The first-order valence-electron chi connectivity index (χ1n) is 8.97. The highest BCUT2D eigenvalue weighted by molar-refractivity contribution is 5.82. The molecule has 6 unspecified atom stereocenters. The van der Waals surface area contributed by atoms with Gasteiger partial charge in [0.2, 0.25) is 0 Å². The van der Waals surface area contributed by atoms with E-state index in [4.69, 9.17) is 14.2 Å². The molecule has 0 aromatic heterocycles. The van der Waals surface area contributed by atoms with Crippen LogP contribution < -0.4 is 0 Å². The summed E-state index contributed by atoms with van der Waals surface area (Å²) in [6.07, 6.45) is -2.12. The molecule has 0 saturated carbocycles. The van der Waals surface area contributed by atoms with Crippen LogP contribution in [0.25, 0.3) is 0 Å². The average Bonchev–Trinajstić information content (AvgIpc) is 2.62. The van der Waals surface area contributed by atoms with Crippen LogP contribution in [0, 0.1) is 23.7 Å². The van der Waals surface area contributed by atoms with Crippen LogP contribution in [0.15, 0.2) is 0 Å². The van der Waals surface area contributed by atoms with Crippen molar-refractivity contribution in [3.8, 4) is 0 Å². The molecule has 0 fully saturated rings. The van der Waals surface area contributed by atoms with Crippen LogP contribution in [-0.4, -0.2) is 72.2 Å². The van der Waals surface area contributed by atoms with E-state index < -0.39 is 59.8 Å². The highest BCUT2D eigenvalue weighted by atomic mass is 16.5. The van der Waals surface area contributed by atoms with Crippen molar-refractivity contribution in [2.75, 3.05) is 20.8 Å². The number of carboxylic acids is 3. The number of hydrogen-bond acceptors (Lipinski definition) is 7. The third-order valence-electron chi connectivity index (χ3n) is 4.82. The molecule has 0 saturated heterocycles. The van der Waals surface area contributed by atoms with Crippen LogP contribution in [0.4, 0.5) is 0 Å². The van der Waals surface area contributed by atoms with Crippen LogP contribution in [0.2, 0.25) is 0 Å². The quantitative estimate of drug-likeness (QED) is 0.357. The number of carbonyl (C=O) groups is 4. The van der Waals surface area contributed by atoms with Crippen molar-refractivity contribution in [3.63, 3.8) is 0 Å². The number of methoxy groups -OCH3 is 2. The Labute approximate surface area is 163 Å². The number of esters is 1. The zero-order chi connectivity index (χ0) is 22.0. The molecule has 28 heavy (non-hydrogen) atoms. The first kappa shape index (κ1) is 25.8. The summed E-state index contributed by atoms with van der Waals surface area (Å²) in [6.45, 7) is 4.45. The molecular formula is C18H30O10. The van der Waals surface area contributed by atoms with Crippen molar-refractivity contribution < 1.29 is 48.7 Å². The van der Waals surface area contributed by atoms with Gasteiger partial charge in [-0.15, -0.1) is 0 Å². The van der Waals surface area contributed by atoms with Gasteiger partial charge in [0.15, 0.2) is 0 Å². The van der Waals surface area contributed by atoms with Gasteiger partial charge in [0, 0.05) is 14.2 Å². The maximum Gasteiger partial charge on any atom is 0.310 e. The summed E-state index contributed by atoms with van der Waals surface area (Å²) < 4.78 is 15.4. The van der Waals surface area contributed by atoms with E-state index in [0.717, 1.165) is 0 Å². The molecule has 0 rings (SSSR count). The average molecular weight is 406 g/mol. The molecule has 0 bridgehead atoms. The lowest BCUT2D eigenvalue weighted by atomic mass is 9.78. The van der Waals surface area contributed by atoms with Gasteiger partial charge in [-0.2, -0.15) is 0 Å². The third-order valence-corrected chi connectivity index (χ3v) is 4.82. The second-order valence-electron chi connectivity index (χ2n) is 6.41. The summed E-state index contributed by atoms with van der Waals surface area (Å²) in [6, 6.07) is 0. The van der Waals surface area contributed by atoms with Crippen molar-refractivity contribution in [3.05, 3.63) is 0 Å². The maximum atomic E-state index is 12.5. The normalized spacial score (nSPS) is 17.6. The third kappa shape index (κ3) is 6.75. The summed E-state index contributed by atoms with van der Waals surface area (Å²) >= 11 is 0. The molecule has 0 aromatic rings. The number of hydrogen-bond donors (Lipinski definition) is 3. The van der Waals surface area contributed by atoms with Gasteiger partial charge >= 0.3 is 23.9 Å². The molecule has 0 aromatic carbocycles. The van der Waals surface area contributed by atoms with E-state index in [1.807, 2.05) is 0 Å². The molecule has 10 nitrogen and oxygen atoms in total. The standard InChI is InChI=1S/C18H30O10/c1-6-11(26-4)14(17(23)24)10(18(25)28-7-2)8-12(27-5)13(16(21)22)9(3)15(19)20/h9-14H,6-8H2,1-5H3,(H,19,20)(H,21,22)(H,23,24). The summed E-state index contributed by atoms with van der Waals surface area (Å²) in [5, 5.41) is 28.4. The number of rotatable bonds is 14. The molecule has 3 N–H and O–H groups in total. The minimum atomic E-state index is -1.49. The van der Waals surface area contributed by atoms with E-state index in [1.54, 1.807) is 13.8 Å². The topological polar surface area (TPSA) is 157 Å². The van der Waals surface area contributed by atoms with Crippen LogP contribution >= 0.6 is 0 Å². The van der Waals surface area contributed by atoms with Crippen molar-refractivity contribution in [1.82, 2.24) is 0 Å². The van der Waals surface area contributed by atoms with E-state index in [-0.39, 0.29) is 19.4 Å². The zero-order valence-corrected chi connectivity index (χ0v) is 16.8. The monoisotopic (exact) mass is 406 g/mol. The van der Waals surface area contributed by atoms with E-state index in [2.05, 4.69) is 0 Å². The Morgan fingerprint density at radius 2 is 1.32 bits per heavy atom. The summed E-state index contributed by atoms with van der Waals surface area (Å²) in [5.74, 6) is -10.3. The van der Waals surface area contributed by atoms with Gasteiger partial charge in [0.05, 0.1) is 42.5 Å². The Morgan fingerprint density at radius 3 is 1.64 bits per heavy atom. The lowest BCUT2D eigenvalue weighted by Crippen LogP contribution is -2.45. The Bertz CT molecular complexity index is 542. The molecule has 0 aliphatic heterocycles.